The standard InChI is InChI=1S/C34H38Cl2F2N5OS.ClH/c1-34(2,23-4-9-28(35)31(18-23)44-3)32-21-40-33(42(32)26-7-5-24(37)6-8-26)45-22-27-29(36)19-25(20-30(27)38)39-10-14-43-15-11-41(12-16-43)13-17-43;/h4-9,18-21,39H,10-17,22H2,1-3H3;1H/q+1;/p-1. The fraction of sp³-hybridized carbons (Fsp3) is 0.382. The summed E-state index contributed by atoms with van der Waals surface area (Å²) in [5.41, 5.74) is 3.14. The Kier molecular flexibility index (Phi) is 10.8. The Labute approximate surface area is 290 Å². The van der Waals surface area contributed by atoms with Crippen LogP contribution in [-0.4, -0.2) is 78.4 Å². The Morgan fingerprint density at radius 1 is 0.978 bits per heavy atom. The van der Waals surface area contributed by atoms with E-state index in [9.17, 15) is 4.39 Å². The molecule has 4 aromatic rings. The molecule has 3 aliphatic heterocycles. The maximum absolute atomic E-state index is 15.5. The fourth-order valence-electron chi connectivity index (χ4n) is 6.40. The summed E-state index contributed by atoms with van der Waals surface area (Å²) in [7, 11) is 1.58. The van der Waals surface area contributed by atoms with Gasteiger partial charge in [-0.2, -0.15) is 0 Å². The van der Waals surface area contributed by atoms with Crippen molar-refractivity contribution in [3.63, 3.8) is 0 Å². The number of thioether (sulfide) groups is 1. The first-order valence-electron chi connectivity index (χ1n) is 15.2. The van der Waals surface area contributed by atoms with Crippen LogP contribution in [0.5, 0.6) is 5.75 Å². The van der Waals surface area contributed by atoms with Crippen molar-refractivity contribution in [2.24, 2.45) is 0 Å². The summed E-state index contributed by atoms with van der Waals surface area (Å²) in [5.74, 6) is 0.158. The third-order valence-corrected chi connectivity index (χ3v) is 11.0. The van der Waals surface area contributed by atoms with E-state index in [1.54, 1.807) is 19.2 Å². The summed E-state index contributed by atoms with van der Waals surface area (Å²) in [6.07, 6.45) is 1.81. The molecule has 6 nitrogen and oxygen atoms in total. The molecule has 0 aliphatic carbocycles. The normalized spacial score (nSPS) is 19.2. The van der Waals surface area contributed by atoms with Gasteiger partial charge in [0, 0.05) is 52.8 Å². The lowest BCUT2D eigenvalue weighted by Gasteiger charge is -2.50. The summed E-state index contributed by atoms with van der Waals surface area (Å²) >= 11 is 14.4. The summed E-state index contributed by atoms with van der Waals surface area (Å²) in [4.78, 5) is 7.29. The predicted molar refractivity (Wildman–Crippen MR) is 179 cm³/mol. The number of hydrogen-bond acceptors (Lipinski definition) is 5. The highest BCUT2D eigenvalue weighted by Crippen LogP contribution is 2.40. The van der Waals surface area contributed by atoms with Gasteiger partial charge in [0.15, 0.2) is 5.16 Å². The molecular weight excluding hydrogens is 671 g/mol. The van der Waals surface area contributed by atoms with Crippen LogP contribution in [0.25, 0.3) is 5.69 Å². The van der Waals surface area contributed by atoms with Crippen molar-refractivity contribution in [3.8, 4) is 11.4 Å². The van der Waals surface area contributed by atoms with Gasteiger partial charge < -0.3 is 26.9 Å². The molecule has 0 unspecified atom stereocenters. The predicted octanol–water partition coefficient (Wildman–Crippen LogP) is 4.65. The zero-order valence-corrected chi connectivity index (χ0v) is 29.2. The number of nitrogens with one attached hydrogen (secondary N) is 1. The fourth-order valence-corrected chi connectivity index (χ4v) is 7.97. The Hall–Kier alpha value is -2.53. The zero-order chi connectivity index (χ0) is 31.8. The van der Waals surface area contributed by atoms with E-state index in [0.29, 0.717) is 32.2 Å². The summed E-state index contributed by atoms with van der Waals surface area (Å²) in [6.45, 7) is 13.0. The number of piperazine rings is 3. The highest BCUT2D eigenvalue weighted by Gasteiger charge is 2.37. The number of aromatic nitrogens is 2. The highest BCUT2D eigenvalue weighted by atomic mass is 35.5. The number of anilines is 1. The average molecular weight is 709 g/mol. The molecular formula is C34H38Cl3F2N5OS. The van der Waals surface area contributed by atoms with E-state index < -0.39 is 5.41 Å². The lowest BCUT2D eigenvalue weighted by Crippen LogP contribution is -3.00. The Morgan fingerprint density at radius 3 is 2.33 bits per heavy atom. The Morgan fingerprint density at radius 2 is 1.67 bits per heavy atom. The van der Waals surface area contributed by atoms with E-state index >= 15 is 4.39 Å². The van der Waals surface area contributed by atoms with Gasteiger partial charge in [-0.3, -0.25) is 9.47 Å². The van der Waals surface area contributed by atoms with Crippen LogP contribution in [-0.2, 0) is 11.2 Å². The van der Waals surface area contributed by atoms with E-state index in [1.807, 2.05) is 35.0 Å². The number of fused-ring (bicyclic) bond motifs is 3. The lowest BCUT2D eigenvalue weighted by atomic mass is 9.81. The highest BCUT2D eigenvalue weighted by molar-refractivity contribution is 7.98. The Bertz CT molecular complexity index is 1640. The number of imidazole rings is 1. The van der Waals surface area contributed by atoms with Gasteiger partial charge in [-0.1, -0.05) is 54.9 Å². The second-order valence-electron chi connectivity index (χ2n) is 12.4. The van der Waals surface area contributed by atoms with Crippen LogP contribution in [0.3, 0.4) is 0 Å². The number of ether oxygens (including phenoxy) is 1. The first-order valence-corrected chi connectivity index (χ1v) is 16.9. The van der Waals surface area contributed by atoms with Crippen LogP contribution < -0.4 is 22.5 Å². The molecule has 2 bridgehead atoms. The Balaban J connectivity index is 0.00000417. The van der Waals surface area contributed by atoms with Crippen LogP contribution in [0.15, 0.2) is 66.0 Å². The molecule has 246 valence electrons. The molecule has 1 N–H and O–H groups in total. The second kappa shape index (κ2) is 14.3. The summed E-state index contributed by atoms with van der Waals surface area (Å²) < 4.78 is 38.0. The molecule has 1 aromatic heterocycles. The van der Waals surface area contributed by atoms with Crippen LogP contribution in [0, 0.1) is 11.6 Å². The summed E-state index contributed by atoms with van der Waals surface area (Å²) in [5, 5.41) is 4.94. The van der Waals surface area contributed by atoms with Gasteiger partial charge in [0.1, 0.15) is 17.4 Å². The monoisotopic (exact) mass is 707 g/mol. The van der Waals surface area contributed by atoms with Crippen LogP contribution in [0.4, 0.5) is 14.5 Å². The number of halogens is 5. The number of quaternary nitrogens is 1. The number of hydrogen-bond donors (Lipinski definition) is 1. The molecule has 3 saturated heterocycles. The average Bonchev–Trinajstić information content (AvgIpc) is 3.47. The molecule has 7 rings (SSSR count). The molecule has 0 spiro atoms. The minimum atomic E-state index is -0.540. The minimum absolute atomic E-state index is 0. The molecule has 3 aromatic carbocycles. The van der Waals surface area contributed by atoms with Crippen LogP contribution >= 0.6 is 35.0 Å². The molecule has 0 saturated carbocycles. The van der Waals surface area contributed by atoms with Gasteiger partial charge in [0.2, 0.25) is 0 Å². The van der Waals surface area contributed by atoms with Gasteiger partial charge in [-0.25, -0.2) is 13.8 Å². The molecule has 0 radical (unpaired) electrons. The van der Waals surface area contributed by atoms with E-state index in [-0.39, 0.29) is 29.8 Å². The van der Waals surface area contributed by atoms with Crippen LogP contribution in [0.1, 0.15) is 30.7 Å². The first kappa shape index (κ1) is 34.8. The molecule has 3 fully saturated rings. The number of methoxy groups -OCH3 is 1. The second-order valence-corrected chi connectivity index (χ2v) is 14.2. The SMILES string of the molecule is COc1cc(C(C)(C)c2cnc(SCc3c(F)cc(NCC[N+]45CCN(CC4)CC5)cc3Cl)n2-c2ccc(F)cc2)ccc1Cl.[Cl-]. The summed E-state index contributed by atoms with van der Waals surface area (Å²) in [6, 6.07) is 15.3. The van der Waals surface area contributed by atoms with E-state index in [4.69, 9.17) is 32.9 Å². The van der Waals surface area contributed by atoms with E-state index in [2.05, 4.69) is 24.1 Å². The van der Waals surface area contributed by atoms with Crippen molar-refractivity contribution in [2.45, 2.75) is 30.2 Å². The van der Waals surface area contributed by atoms with Gasteiger partial charge in [-0.05, 0) is 54.1 Å². The smallest absolute Gasteiger partial charge is 0.173 e. The van der Waals surface area contributed by atoms with Gasteiger partial charge in [0.25, 0.3) is 0 Å². The maximum Gasteiger partial charge on any atom is 0.173 e. The molecule has 0 atom stereocenters. The first-order chi connectivity index (χ1) is 21.6. The lowest BCUT2D eigenvalue weighted by molar-refractivity contribution is -0.939. The largest absolute Gasteiger partial charge is 1.00 e. The van der Waals surface area contributed by atoms with Crippen molar-refractivity contribution in [3.05, 3.63) is 99.3 Å². The number of benzene rings is 3. The molecule has 12 heteroatoms. The van der Waals surface area contributed by atoms with Crippen LogP contribution in [0.2, 0.25) is 10.0 Å². The van der Waals surface area contributed by atoms with E-state index in [1.165, 1.54) is 69.2 Å². The third kappa shape index (κ3) is 7.15. The van der Waals surface area contributed by atoms with Crippen molar-refractivity contribution in [1.29, 1.82) is 0 Å². The molecule has 46 heavy (non-hydrogen) atoms. The third-order valence-electron chi connectivity index (χ3n) is 9.40. The molecule has 4 heterocycles. The van der Waals surface area contributed by atoms with Gasteiger partial charge >= 0.3 is 0 Å². The number of rotatable bonds is 11. The van der Waals surface area contributed by atoms with Crippen molar-refractivity contribution in [1.82, 2.24) is 14.5 Å². The van der Waals surface area contributed by atoms with Crippen molar-refractivity contribution >= 4 is 40.7 Å². The van der Waals surface area contributed by atoms with Crippen molar-refractivity contribution in [2.75, 3.05) is 64.8 Å². The topological polar surface area (TPSA) is 42.3 Å². The quantitative estimate of drug-likeness (QED) is 0.182. The minimum Gasteiger partial charge on any atom is -1.00 e. The zero-order valence-electron chi connectivity index (χ0n) is 26.1. The van der Waals surface area contributed by atoms with Gasteiger partial charge in [-0.15, -0.1) is 0 Å². The van der Waals surface area contributed by atoms with E-state index in [0.717, 1.165) is 34.5 Å². The van der Waals surface area contributed by atoms with Gasteiger partial charge in [0.05, 0.1) is 56.7 Å². The van der Waals surface area contributed by atoms with Crippen molar-refractivity contribution < 1.29 is 30.4 Å². The molecule has 0 amide bonds. The number of nitrogens with zero attached hydrogens (tertiary/aromatic N) is 4. The molecule has 3 aliphatic rings. The maximum atomic E-state index is 15.5.